The fourth-order valence-corrected chi connectivity index (χ4v) is 2.38. The Balaban J connectivity index is 1.99. The van der Waals surface area contributed by atoms with Gasteiger partial charge in [0.2, 0.25) is 0 Å². The second-order valence-electron chi connectivity index (χ2n) is 4.39. The minimum absolute atomic E-state index is 0.690. The fourth-order valence-electron chi connectivity index (χ4n) is 2.38. The number of para-hydroxylation sites is 1. The Hall–Kier alpha value is -2.75. The SMILES string of the molecule is c1ccc2c(c1)[nH]c1cc(-c3ncncn3)ccc12. The summed E-state index contributed by atoms with van der Waals surface area (Å²) < 4.78 is 0. The van der Waals surface area contributed by atoms with Gasteiger partial charge in [0.15, 0.2) is 5.82 Å². The number of H-pyrrole nitrogens is 1. The van der Waals surface area contributed by atoms with Crippen molar-refractivity contribution >= 4 is 21.8 Å². The molecular weight excluding hydrogens is 236 g/mol. The molecule has 2 heterocycles. The summed E-state index contributed by atoms with van der Waals surface area (Å²) in [6, 6.07) is 14.5. The molecule has 0 fully saturated rings. The first-order valence-electron chi connectivity index (χ1n) is 6.05. The van der Waals surface area contributed by atoms with Crippen LogP contribution >= 0.6 is 0 Å². The van der Waals surface area contributed by atoms with Gasteiger partial charge in [0.1, 0.15) is 12.7 Å². The third-order valence-corrected chi connectivity index (χ3v) is 3.26. The highest BCUT2D eigenvalue weighted by Gasteiger charge is 2.06. The fraction of sp³-hybridized carbons (Fsp3) is 0. The molecule has 0 bridgehead atoms. The van der Waals surface area contributed by atoms with Gasteiger partial charge in [-0.2, -0.15) is 0 Å². The predicted octanol–water partition coefficient (Wildman–Crippen LogP) is 3.17. The van der Waals surface area contributed by atoms with Crippen LogP contribution in [0.3, 0.4) is 0 Å². The second kappa shape index (κ2) is 3.88. The number of fused-ring (bicyclic) bond motifs is 3. The monoisotopic (exact) mass is 246 g/mol. The molecule has 0 spiro atoms. The maximum Gasteiger partial charge on any atom is 0.162 e. The molecule has 0 saturated carbocycles. The molecule has 0 aliphatic heterocycles. The minimum atomic E-state index is 0.690. The van der Waals surface area contributed by atoms with Crippen molar-refractivity contribution in [2.45, 2.75) is 0 Å². The molecule has 0 saturated heterocycles. The highest BCUT2D eigenvalue weighted by molar-refractivity contribution is 6.07. The molecular formula is C15H10N4. The van der Waals surface area contributed by atoms with E-state index in [2.05, 4.69) is 50.3 Å². The summed E-state index contributed by atoms with van der Waals surface area (Å²) in [5.41, 5.74) is 3.23. The van der Waals surface area contributed by atoms with E-state index in [1.807, 2.05) is 12.1 Å². The van der Waals surface area contributed by atoms with Crippen molar-refractivity contribution in [2.24, 2.45) is 0 Å². The van der Waals surface area contributed by atoms with Gasteiger partial charge in [0, 0.05) is 27.4 Å². The Kier molecular flexibility index (Phi) is 2.08. The number of nitrogens with one attached hydrogen (secondary N) is 1. The van der Waals surface area contributed by atoms with Gasteiger partial charge in [-0.15, -0.1) is 0 Å². The third kappa shape index (κ3) is 1.57. The zero-order valence-electron chi connectivity index (χ0n) is 10.0. The van der Waals surface area contributed by atoms with Crippen molar-refractivity contribution < 1.29 is 0 Å². The minimum Gasteiger partial charge on any atom is -0.354 e. The molecule has 2 aromatic heterocycles. The van der Waals surface area contributed by atoms with Crippen molar-refractivity contribution in [1.82, 2.24) is 19.9 Å². The van der Waals surface area contributed by atoms with Crippen LogP contribution in [-0.2, 0) is 0 Å². The van der Waals surface area contributed by atoms with Gasteiger partial charge in [-0.05, 0) is 12.1 Å². The maximum absolute atomic E-state index is 4.17. The van der Waals surface area contributed by atoms with Gasteiger partial charge in [-0.3, -0.25) is 0 Å². The summed E-state index contributed by atoms with van der Waals surface area (Å²) in [6.45, 7) is 0. The van der Waals surface area contributed by atoms with Crippen LogP contribution in [0, 0.1) is 0 Å². The van der Waals surface area contributed by atoms with Crippen LogP contribution in [-0.4, -0.2) is 19.9 Å². The average Bonchev–Trinajstić information content (AvgIpc) is 2.86. The van der Waals surface area contributed by atoms with Gasteiger partial charge >= 0.3 is 0 Å². The number of benzene rings is 2. The van der Waals surface area contributed by atoms with E-state index < -0.39 is 0 Å². The molecule has 90 valence electrons. The molecule has 2 aromatic carbocycles. The van der Waals surface area contributed by atoms with Gasteiger partial charge in [0.25, 0.3) is 0 Å². The van der Waals surface area contributed by atoms with Crippen LogP contribution in [0.15, 0.2) is 55.1 Å². The summed E-state index contributed by atoms with van der Waals surface area (Å²) in [7, 11) is 0. The molecule has 4 heteroatoms. The third-order valence-electron chi connectivity index (χ3n) is 3.26. The quantitative estimate of drug-likeness (QED) is 0.561. The first-order chi connectivity index (χ1) is 9.42. The summed E-state index contributed by atoms with van der Waals surface area (Å²) in [6.07, 6.45) is 3.02. The van der Waals surface area contributed by atoms with Crippen LogP contribution in [0.5, 0.6) is 0 Å². The summed E-state index contributed by atoms with van der Waals surface area (Å²) >= 11 is 0. The van der Waals surface area contributed by atoms with E-state index in [9.17, 15) is 0 Å². The van der Waals surface area contributed by atoms with Crippen molar-refractivity contribution in [2.75, 3.05) is 0 Å². The first kappa shape index (κ1) is 10.2. The molecule has 0 aliphatic rings. The van der Waals surface area contributed by atoms with E-state index in [1.54, 1.807) is 0 Å². The second-order valence-corrected chi connectivity index (χ2v) is 4.39. The normalized spacial score (nSPS) is 11.2. The largest absolute Gasteiger partial charge is 0.354 e. The lowest BCUT2D eigenvalue weighted by Crippen LogP contribution is -1.88. The lowest BCUT2D eigenvalue weighted by Gasteiger charge is -1.98. The highest BCUT2D eigenvalue weighted by Crippen LogP contribution is 2.28. The summed E-state index contributed by atoms with van der Waals surface area (Å²) in [4.78, 5) is 15.6. The molecule has 0 amide bonds. The van der Waals surface area contributed by atoms with Crippen LogP contribution in [0.4, 0.5) is 0 Å². The topological polar surface area (TPSA) is 54.5 Å². The molecule has 4 aromatic rings. The number of hydrogen-bond acceptors (Lipinski definition) is 3. The van der Waals surface area contributed by atoms with Crippen molar-refractivity contribution in [3.8, 4) is 11.4 Å². The number of nitrogens with zero attached hydrogens (tertiary/aromatic N) is 3. The van der Waals surface area contributed by atoms with E-state index in [0.717, 1.165) is 16.6 Å². The molecule has 0 unspecified atom stereocenters. The van der Waals surface area contributed by atoms with Gasteiger partial charge in [-0.1, -0.05) is 30.3 Å². The molecule has 0 aliphatic carbocycles. The zero-order valence-corrected chi connectivity index (χ0v) is 10.0. The van der Waals surface area contributed by atoms with E-state index in [1.165, 1.54) is 23.4 Å². The standard InChI is InChI=1S/C15H10N4/c1-2-4-13-11(3-1)12-6-5-10(7-14(12)19-13)15-17-8-16-9-18-15/h1-9,19H. The van der Waals surface area contributed by atoms with Crippen LogP contribution in [0.1, 0.15) is 0 Å². The van der Waals surface area contributed by atoms with Crippen LogP contribution < -0.4 is 0 Å². The van der Waals surface area contributed by atoms with E-state index in [-0.39, 0.29) is 0 Å². The first-order valence-corrected chi connectivity index (χ1v) is 6.05. The Morgan fingerprint density at radius 2 is 1.58 bits per heavy atom. The lowest BCUT2D eigenvalue weighted by molar-refractivity contribution is 1.06. The lowest BCUT2D eigenvalue weighted by atomic mass is 10.1. The molecule has 4 rings (SSSR count). The van der Waals surface area contributed by atoms with E-state index in [0.29, 0.717) is 5.82 Å². The van der Waals surface area contributed by atoms with Gasteiger partial charge in [-0.25, -0.2) is 15.0 Å². The van der Waals surface area contributed by atoms with Crippen molar-refractivity contribution in [3.05, 3.63) is 55.1 Å². The molecule has 0 atom stereocenters. The zero-order chi connectivity index (χ0) is 12.7. The molecule has 1 N–H and O–H groups in total. The summed E-state index contributed by atoms with van der Waals surface area (Å²) in [5.74, 6) is 0.690. The number of hydrogen-bond donors (Lipinski definition) is 1. The molecule has 4 nitrogen and oxygen atoms in total. The Morgan fingerprint density at radius 1 is 0.789 bits per heavy atom. The van der Waals surface area contributed by atoms with Crippen molar-refractivity contribution in [3.63, 3.8) is 0 Å². The molecule has 19 heavy (non-hydrogen) atoms. The van der Waals surface area contributed by atoms with Crippen LogP contribution in [0.25, 0.3) is 33.2 Å². The highest BCUT2D eigenvalue weighted by atomic mass is 15.0. The molecule has 0 radical (unpaired) electrons. The Morgan fingerprint density at radius 3 is 2.47 bits per heavy atom. The van der Waals surface area contributed by atoms with Gasteiger partial charge in [0.05, 0.1) is 0 Å². The Labute approximate surface area is 109 Å². The van der Waals surface area contributed by atoms with E-state index in [4.69, 9.17) is 0 Å². The summed E-state index contributed by atoms with van der Waals surface area (Å²) in [5, 5.41) is 2.45. The average molecular weight is 246 g/mol. The predicted molar refractivity (Wildman–Crippen MR) is 74.6 cm³/mol. The maximum atomic E-state index is 4.17. The smallest absolute Gasteiger partial charge is 0.162 e. The van der Waals surface area contributed by atoms with Crippen LogP contribution in [0.2, 0.25) is 0 Å². The Bertz CT molecular complexity index is 865. The van der Waals surface area contributed by atoms with Crippen molar-refractivity contribution in [1.29, 1.82) is 0 Å². The van der Waals surface area contributed by atoms with E-state index >= 15 is 0 Å². The number of aromatic amines is 1. The van der Waals surface area contributed by atoms with Gasteiger partial charge < -0.3 is 4.98 Å². The number of aromatic nitrogens is 4. The number of rotatable bonds is 1.